The molecule has 144 valence electrons. The smallest absolute Gasteiger partial charge is 0.344 e. The molecule has 0 unspecified atom stereocenters. The maximum atomic E-state index is 12.6. The van der Waals surface area contributed by atoms with Gasteiger partial charge in [0.2, 0.25) is 0 Å². The number of hydrogen-bond donors (Lipinski definition) is 3. The van der Waals surface area contributed by atoms with E-state index >= 15 is 0 Å². The molecule has 0 atom stereocenters. The number of ether oxygens (including phenoxy) is 1. The molecule has 0 aliphatic carbocycles. The van der Waals surface area contributed by atoms with Gasteiger partial charge in [0, 0.05) is 11.5 Å². The first-order chi connectivity index (χ1) is 13.5. The minimum absolute atomic E-state index is 0.141. The maximum absolute atomic E-state index is 12.6. The molecule has 2 N–H and O–H groups in total. The lowest BCUT2D eigenvalue weighted by atomic mass is 9.97. The molecule has 0 spiro atoms. The third kappa shape index (κ3) is 4.52. The number of fused-ring (bicyclic) bond motifs is 1. The first-order valence-corrected chi connectivity index (χ1v) is 9.41. The van der Waals surface area contributed by atoms with E-state index in [4.69, 9.17) is 9.15 Å². The minimum Gasteiger partial charge on any atom is -0.484 e. The zero-order valence-electron chi connectivity index (χ0n) is 15.0. The van der Waals surface area contributed by atoms with E-state index in [0.717, 1.165) is 16.5 Å². The zero-order valence-corrected chi connectivity index (χ0v) is 16.7. The van der Waals surface area contributed by atoms with E-state index in [0.29, 0.717) is 23.3 Å². The predicted octanol–water partition coefficient (Wildman–Crippen LogP) is 3.24. The standard InChI is InChI=1S/C20H18N2O4S2/c1-2-14-15-9-8-13(25-11-17(23)21-22-20(27)28)10-16(15)26-19(24)18(14)12-6-4-3-5-7-12/h3-10H,2,11H2,1H3,(H,21,23)(H2,22,27,28). The van der Waals surface area contributed by atoms with Crippen LogP contribution in [0.2, 0.25) is 0 Å². The molecule has 0 saturated heterocycles. The Morgan fingerprint density at radius 1 is 1.18 bits per heavy atom. The Morgan fingerprint density at radius 2 is 1.93 bits per heavy atom. The molecule has 28 heavy (non-hydrogen) atoms. The summed E-state index contributed by atoms with van der Waals surface area (Å²) in [7, 11) is 0. The monoisotopic (exact) mass is 414 g/mol. The van der Waals surface area contributed by atoms with Gasteiger partial charge in [-0.25, -0.2) is 4.79 Å². The summed E-state index contributed by atoms with van der Waals surface area (Å²) in [5.41, 5.74) is 7.05. The topological polar surface area (TPSA) is 80.6 Å². The summed E-state index contributed by atoms with van der Waals surface area (Å²) in [4.78, 5) is 24.3. The molecule has 6 nitrogen and oxygen atoms in total. The van der Waals surface area contributed by atoms with Crippen LogP contribution in [-0.2, 0) is 11.2 Å². The van der Waals surface area contributed by atoms with Gasteiger partial charge in [0.1, 0.15) is 15.7 Å². The number of carbonyl (C=O) groups excluding carboxylic acids is 1. The Bertz CT molecular complexity index is 1080. The Morgan fingerprint density at radius 3 is 2.61 bits per heavy atom. The van der Waals surface area contributed by atoms with Crippen molar-refractivity contribution in [2.45, 2.75) is 13.3 Å². The molecular formula is C20H18N2O4S2. The fourth-order valence-corrected chi connectivity index (χ4v) is 3.01. The second kappa shape index (κ2) is 8.90. The van der Waals surface area contributed by atoms with E-state index in [1.807, 2.05) is 43.3 Å². The summed E-state index contributed by atoms with van der Waals surface area (Å²) in [5.74, 6) is -0.0135. The lowest BCUT2D eigenvalue weighted by Crippen LogP contribution is -2.41. The third-order valence-corrected chi connectivity index (χ3v) is 4.30. The highest BCUT2D eigenvalue weighted by atomic mass is 32.1. The van der Waals surface area contributed by atoms with Crippen LogP contribution in [0, 0.1) is 0 Å². The Labute approximate surface area is 172 Å². The van der Waals surface area contributed by atoms with Crippen molar-refractivity contribution in [2.24, 2.45) is 0 Å². The van der Waals surface area contributed by atoms with Crippen LogP contribution in [-0.4, -0.2) is 16.8 Å². The average Bonchev–Trinajstić information content (AvgIpc) is 2.70. The fourth-order valence-electron chi connectivity index (χ4n) is 2.91. The zero-order chi connectivity index (χ0) is 20.1. The molecule has 3 rings (SSSR count). The number of amides is 1. The van der Waals surface area contributed by atoms with Gasteiger partial charge in [0.05, 0.1) is 5.56 Å². The van der Waals surface area contributed by atoms with Gasteiger partial charge < -0.3 is 9.15 Å². The van der Waals surface area contributed by atoms with E-state index in [1.165, 1.54) is 0 Å². The Hall–Kier alpha value is -2.84. The molecule has 0 radical (unpaired) electrons. The second-order valence-corrected chi connectivity index (χ2v) is 7.05. The van der Waals surface area contributed by atoms with E-state index in [2.05, 4.69) is 35.7 Å². The molecule has 0 aliphatic rings. The average molecular weight is 415 g/mol. The number of hydrogen-bond acceptors (Lipinski definition) is 5. The van der Waals surface area contributed by atoms with E-state index < -0.39 is 11.5 Å². The van der Waals surface area contributed by atoms with Gasteiger partial charge in [0.25, 0.3) is 5.91 Å². The molecule has 2 aromatic carbocycles. The molecule has 0 bridgehead atoms. The summed E-state index contributed by atoms with van der Waals surface area (Å²) in [6.45, 7) is 1.76. The van der Waals surface area contributed by atoms with Crippen LogP contribution < -0.4 is 21.2 Å². The summed E-state index contributed by atoms with van der Waals surface area (Å²) in [6.07, 6.45) is 0.671. The number of thiol groups is 1. The third-order valence-electron chi connectivity index (χ3n) is 4.08. The fraction of sp³-hybridized carbons (Fsp3) is 0.150. The van der Waals surface area contributed by atoms with Crippen LogP contribution in [0.1, 0.15) is 12.5 Å². The molecule has 0 saturated carbocycles. The molecule has 3 aromatic rings. The van der Waals surface area contributed by atoms with Crippen molar-refractivity contribution in [3.05, 3.63) is 64.5 Å². The molecule has 0 fully saturated rings. The lowest BCUT2D eigenvalue weighted by molar-refractivity contribution is -0.123. The number of thiocarbonyl (C=S) groups is 1. The number of carbonyl (C=O) groups is 1. The van der Waals surface area contributed by atoms with Crippen LogP contribution >= 0.6 is 24.8 Å². The van der Waals surface area contributed by atoms with Gasteiger partial charge in [-0.1, -0.05) is 49.5 Å². The largest absolute Gasteiger partial charge is 0.484 e. The highest BCUT2D eigenvalue weighted by Gasteiger charge is 2.15. The SMILES string of the molecule is CCc1c(-c2ccccc2)c(=O)oc2cc(OCC(=O)NNC(=S)S)ccc12. The van der Waals surface area contributed by atoms with E-state index in [1.54, 1.807) is 12.1 Å². The number of rotatable bonds is 5. The van der Waals surface area contributed by atoms with Crippen molar-refractivity contribution in [1.82, 2.24) is 10.9 Å². The second-order valence-electron chi connectivity index (χ2n) is 5.89. The molecule has 0 aliphatic heterocycles. The maximum Gasteiger partial charge on any atom is 0.344 e. The summed E-state index contributed by atoms with van der Waals surface area (Å²) >= 11 is 8.52. The van der Waals surface area contributed by atoms with Gasteiger partial charge in [-0.15, -0.1) is 12.6 Å². The van der Waals surface area contributed by atoms with Crippen molar-refractivity contribution in [2.75, 3.05) is 6.61 Å². The predicted molar refractivity (Wildman–Crippen MR) is 116 cm³/mol. The molecule has 1 heterocycles. The molecule has 1 amide bonds. The van der Waals surface area contributed by atoms with Gasteiger partial charge in [-0.2, -0.15) is 0 Å². The van der Waals surface area contributed by atoms with Gasteiger partial charge >= 0.3 is 5.63 Å². The van der Waals surface area contributed by atoms with Crippen molar-refractivity contribution in [3.63, 3.8) is 0 Å². The molecule has 8 heteroatoms. The quantitative estimate of drug-likeness (QED) is 0.257. The van der Waals surface area contributed by atoms with Crippen LogP contribution in [0.3, 0.4) is 0 Å². The van der Waals surface area contributed by atoms with Crippen LogP contribution in [0.25, 0.3) is 22.1 Å². The minimum atomic E-state index is -0.424. The number of aryl methyl sites for hydroxylation is 1. The number of benzene rings is 2. The van der Waals surface area contributed by atoms with Crippen molar-refractivity contribution < 1.29 is 13.9 Å². The van der Waals surface area contributed by atoms with Crippen molar-refractivity contribution in [1.29, 1.82) is 0 Å². The van der Waals surface area contributed by atoms with Crippen LogP contribution in [0.4, 0.5) is 0 Å². The normalized spacial score (nSPS) is 10.5. The Balaban J connectivity index is 1.90. The summed E-state index contributed by atoms with van der Waals surface area (Å²) < 4.78 is 11.1. The van der Waals surface area contributed by atoms with Crippen molar-refractivity contribution in [3.8, 4) is 16.9 Å². The molecule has 1 aromatic heterocycles. The highest BCUT2D eigenvalue weighted by molar-refractivity contribution is 8.11. The number of nitrogens with one attached hydrogen (secondary N) is 2. The van der Waals surface area contributed by atoms with Crippen LogP contribution in [0.15, 0.2) is 57.7 Å². The molecular weight excluding hydrogens is 396 g/mol. The lowest BCUT2D eigenvalue weighted by Gasteiger charge is -2.12. The van der Waals surface area contributed by atoms with Crippen LogP contribution in [0.5, 0.6) is 5.75 Å². The number of hydrazine groups is 1. The summed E-state index contributed by atoms with van der Waals surface area (Å²) in [5, 5.41) is 0.833. The highest BCUT2D eigenvalue weighted by Crippen LogP contribution is 2.29. The summed E-state index contributed by atoms with van der Waals surface area (Å²) in [6, 6.07) is 14.6. The van der Waals surface area contributed by atoms with Gasteiger partial charge in [-0.05, 0) is 29.7 Å². The van der Waals surface area contributed by atoms with E-state index in [-0.39, 0.29) is 10.9 Å². The van der Waals surface area contributed by atoms with Gasteiger partial charge in [0.15, 0.2) is 6.61 Å². The Kier molecular flexibility index (Phi) is 6.33. The first-order valence-electron chi connectivity index (χ1n) is 8.55. The van der Waals surface area contributed by atoms with Crippen molar-refractivity contribution >= 4 is 46.0 Å². The first kappa shape index (κ1) is 19.9. The van der Waals surface area contributed by atoms with E-state index in [9.17, 15) is 9.59 Å². The van der Waals surface area contributed by atoms with Gasteiger partial charge in [-0.3, -0.25) is 15.6 Å².